The number of rotatable bonds is 2. The van der Waals surface area contributed by atoms with Crippen molar-refractivity contribution in [1.82, 2.24) is 0 Å². The third-order valence-corrected chi connectivity index (χ3v) is 3.03. The Morgan fingerprint density at radius 1 is 1.27 bits per heavy atom. The van der Waals surface area contributed by atoms with Crippen LogP contribution in [0.5, 0.6) is 11.5 Å². The Morgan fingerprint density at radius 2 is 2.00 bits per heavy atom. The fourth-order valence-corrected chi connectivity index (χ4v) is 2.29. The highest BCUT2D eigenvalue weighted by molar-refractivity contribution is 5.51. The van der Waals surface area contributed by atoms with Crippen LogP contribution in [0.2, 0.25) is 0 Å². The molecule has 0 heterocycles. The predicted molar refractivity (Wildman–Crippen MR) is 57.5 cm³/mol. The van der Waals surface area contributed by atoms with Crippen LogP contribution in [0.4, 0.5) is 0 Å². The Bertz CT molecular complexity index is 373. The summed E-state index contributed by atoms with van der Waals surface area (Å²) in [5.74, 6) is 1.89. The molecule has 0 spiro atoms. The fraction of sp³-hybridized carbons (Fsp3) is 0.500. The summed E-state index contributed by atoms with van der Waals surface area (Å²) < 4.78 is 10.5. The highest BCUT2D eigenvalue weighted by Crippen LogP contribution is 2.46. The predicted octanol–water partition coefficient (Wildman–Crippen LogP) is 2.24. The van der Waals surface area contributed by atoms with Gasteiger partial charge in [-0.3, -0.25) is 0 Å². The highest BCUT2D eigenvalue weighted by Gasteiger charge is 2.30. The lowest BCUT2D eigenvalue weighted by molar-refractivity contribution is 0.174. The molecule has 15 heavy (non-hydrogen) atoms. The quantitative estimate of drug-likeness (QED) is 0.810. The van der Waals surface area contributed by atoms with E-state index in [-0.39, 0.29) is 6.10 Å². The number of methoxy groups -OCH3 is 2. The van der Waals surface area contributed by atoms with Crippen LogP contribution in [-0.2, 0) is 0 Å². The smallest absolute Gasteiger partial charge is 0.126 e. The topological polar surface area (TPSA) is 38.7 Å². The second kappa shape index (κ2) is 3.74. The van der Waals surface area contributed by atoms with E-state index in [2.05, 4.69) is 6.92 Å². The zero-order valence-corrected chi connectivity index (χ0v) is 9.28. The lowest BCUT2D eigenvalue weighted by Crippen LogP contribution is -1.96. The van der Waals surface area contributed by atoms with E-state index >= 15 is 0 Å². The van der Waals surface area contributed by atoms with Crippen molar-refractivity contribution in [2.75, 3.05) is 14.2 Å². The summed E-state index contributed by atoms with van der Waals surface area (Å²) in [4.78, 5) is 0. The molecule has 0 aliphatic heterocycles. The zero-order valence-electron chi connectivity index (χ0n) is 9.28. The standard InChI is InChI=1S/C12H16O3/c1-7-4-10(13)9-5-8(14-2)6-11(15-3)12(7)9/h5-7,10,13H,4H2,1-3H3. The van der Waals surface area contributed by atoms with Gasteiger partial charge in [-0.2, -0.15) is 0 Å². The molecule has 3 heteroatoms. The van der Waals surface area contributed by atoms with E-state index in [0.717, 1.165) is 29.0 Å². The second-order valence-electron chi connectivity index (χ2n) is 3.99. The first-order chi connectivity index (χ1) is 7.17. The minimum atomic E-state index is -0.390. The van der Waals surface area contributed by atoms with E-state index in [1.54, 1.807) is 14.2 Å². The molecule has 0 aromatic heterocycles. The van der Waals surface area contributed by atoms with Gasteiger partial charge in [0.25, 0.3) is 0 Å². The van der Waals surface area contributed by atoms with Gasteiger partial charge in [0, 0.05) is 11.6 Å². The van der Waals surface area contributed by atoms with Crippen molar-refractivity contribution in [3.05, 3.63) is 23.3 Å². The van der Waals surface area contributed by atoms with Crippen LogP contribution in [-0.4, -0.2) is 19.3 Å². The molecule has 2 unspecified atom stereocenters. The van der Waals surface area contributed by atoms with E-state index in [0.29, 0.717) is 5.92 Å². The molecule has 1 N–H and O–H groups in total. The monoisotopic (exact) mass is 208 g/mol. The first-order valence-corrected chi connectivity index (χ1v) is 5.11. The molecule has 0 bridgehead atoms. The van der Waals surface area contributed by atoms with Gasteiger partial charge in [-0.05, 0) is 24.0 Å². The number of fused-ring (bicyclic) bond motifs is 1. The summed E-state index contributed by atoms with van der Waals surface area (Å²) >= 11 is 0. The summed E-state index contributed by atoms with van der Waals surface area (Å²) in [6.45, 7) is 2.10. The van der Waals surface area contributed by atoms with Crippen LogP contribution in [0.1, 0.15) is 36.5 Å². The van der Waals surface area contributed by atoms with Crippen LogP contribution >= 0.6 is 0 Å². The van der Waals surface area contributed by atoms with Crippen LogP contribution in [0, 0.1) is 0 Å². The normalized spacial score (nSPS) is 23.7. The van der Waals surface area contributed by atoms with Gasteiger partial charge in [0.2, 0.25) is 0 Å². The first kappa shape index (κ1) is 10.3. The van der Waals surface area contributed by atoms with Crippen molar-refractivity contribution in [3.8, 4) is 11.5 Å². The Balaban J connectivity index is 2.57. The fourth-order valence-electron chi connectivity index (χ4n) is 2.29. The summed E-state index contributed by atoms with van der Waals surface area (Å²) in [6.07, 6.45) is 0.373. The van der Waals surface area contributed by atoms with Gasteiger partial charge in [0.05, 0.1) is 20.3 Å². The Morgan fingerprint density at radius 3 is 2.60 bits per heavy atom. The maximum Gasteiger partial charge on any atom is 0.126 e. The molecule has 1 aliphatic rings. The molecule has 0 fully saturated rings. The minimum Gasteiger partial charge on any atom is -0.497 e. The van der Waals surface area contributed by atoms with Crippen molar-refractivity contribution in [1.29, 1.82) is 0 Å². The SMILES string of the molecule is COc1cc(OC)c2c(c1)C(O)CC2C. The molecule has 2 atom stereocenters. The Kier molecular flexibility index (Phi) is 2.57. The molecule has 2 rings (SSSR count). The van der Waals surface area contributed by atoms with E-state index in [9.17, 15) is 5.11 Å². The average molecular weight is 208 g/mol. The maximum absolute atomic E-state index is 9.88. The lowest BCUT2D eigenvalue weighted by atomic mass is 10.0. The molecular weight excluding hydrogens is 192 g/mol. The molecule has 1 aliphatic carbocycles. The van der Waals surface area contributed by atoms with Gasteiger partial charge in [-0.1, -0.05) is 6.92 Å². The lowest BCUT2D eigenvalue weighted by Gasteiger charge is -2.12. The number of aliphatic hydroxyl groups is 1. The maximum atomic E-state index is 9.88. The molecule has 0 radical (unpaired) electrons. The van der Waals surface area contributed by atoms with Gasteiger partial charge in [0.15, 0.2) is 0 Å². The highest BCUT2D eigenvalue weighted by atomic mass is 16.5. The largest absolute Gasteiger partial charge is 0.497 e. The second-order valence-corrected chi connectivity index (χ2v) is 3.99. The van der Waals surface area contributed by atoms with Crippen LogP contribution in [0.25, 0.3) is 0 Å². The Hall–Kier alpha value is -1.22. The minimum absolute atomic E-state index is 0.343. The van der Waals surface area contributed by atoms with Gasteiger partial charge in [-0.25, -0.2) is 0 Å². The summed E-state index contributed by atoms with van der Waals surface area (Å²) in [5, 5.41) is 9.88. The van der Waals surface area contributed by atoms with E-state index in [1.165, 1.54) is 0 Å². The molecule has 0 saturated heterocycles. The van der Waals surface area contributed by atoms with E-state index < -0.39 is 0 Å². The molecule has 1 aromatic rings. The zero-order chi connectivity index (χ0) is 11.0. The number of aliphatic hydroxyl groups excluding tert-OH is 1. The molecular formula is C12H16O3. The van der Waals surface area contributed by atoms with Gasteiger partial charge >= 0.3 is 0 Å². The van der Waals surface area contributed by atoms with Crippen molar-refractivity contribution >= 4 is 0 Å². The van der Waals surface area contributed by atoms with Gasteiger partial charge in [0.1, 0.15) is 11.5 Å². The van der Waals surface area contributed by atoms with Crippen LogP contribution < -0.4 is 9.47 Å². The molecule has 82 valence electrons. The van der Waals surface area contributed by atoms with Crippen LogP contribution in [0.15, 0.2) is 12.1 Å². The van der Waals surface area contributed by atoms with Crippen LogP contribution in [0.3, 0.4) is 0 Å². The third kappa shape index (κ3) is 1.57. The summed E-state index contributed by atoms with van der Waals surface area (Å²) in [6, 6.07) is 3.76. The number of hydrogen-bond donors (Lipinski definition) is 1. The van der Waals surface area contributed by atoms with Crippen molar-refractivity contribution in [3.63, 3.8) is 0 Å². The first-order valence-electron chi connectivity index (χ1n) is 5.11. The Labute approximate surface area is 89.6 Å². The van der Waals surface area contributed by atoms with Crippen molar-refractivity contribution in [2.24, 2.45) is 0 Å². The molecule has 1 aromatic carbocycles. The molecule has 3 nitrogen and oxygen atoms in total. The molecule has 0 amide bonds. The van der Waals surface area contributed by atoms with Crippen molar-refractivity contribution in [2.45, 2.75) is 25.4 Å². The van der Waals surface area contributed by atoms with E-state index in [4.69, 9.17) is 9.47 Å². The van der Waals surface area contributed by atoms with Crippen molar-refractivity contribution < 1.29 is 14.6 Å². The number of ether oxygens (including phenoxy) is 2. The van der Waals surface area contributed by atoms with Gasteiger partial charge < -0.3 is 14.6 Å². The van der Waals surface area contributed by atoms with E-state index in [1.807, 2.05) is 12.1 Å². The number of hydrogen-bond acceptors (Lipinski definition) is 3. The summed E-state index contributed by atoms with van der Waals surface area (Å²) in [5.41, 5.74) is 2.06. The summed E-state index contributed by atoms with van der Waals surface area (Å²) in [7, 11) is 3.26. The molecule has 0 saturated carbocycles. The third-order valence-electron chi connectivity index (χ3n) is 3.03. The van der Waals surface area contributed by atoms with Gasteiger partial charge in [-0.15, -0.1) is 0 Å². The average Bonchev–Trinajstić information content (AvgIpc) is 2.53. The number of benzene rings is 1.